The predicted molar refractivity (Wildman–Crippen MR) is 84.4 cm³/mol. The number of methoxy groups -OCH3 is 1. The molecule has 1 heterocycles. The van der Waals surface area contributed by atoms with Crippen LogP contribution in [-0.4, -0.2) is 17.2 Å². The molecule has 0 atom stereocenters. The lowest BCUT2D eigenvalue weighted by Gasteiger charge is -2.12. The molecule has 21 heavy (non-hydrogen) atoms. The van der Waals surface area contributed by atoms with E-state index in [-0.39, 0.29) is 5.75 Å². The second kappa shape index (κ2) is 5.32. The summed E-state index contributed by atoms with van der Waals surface area (Å²) in [6.07, 6.45) is 0. The molecule has 0 fully saturated rings. The number of nitrogens with zero attached hydrogens (tertiary/aromatic N) is 1. The van der Waals surface area contributed by atoms with E-state index < -0.39 is 0 Å². The van der Waals surface area contributed by atoms with Crippen molar-refractivity contribution < 1.29 is 9.84 Å². The first-order chi connectivity index (χ1) is 10.2. The SMILES string of the molecule is COc1ccc2nc(C)cc(Nc3ccc(O)cc3)c2c1. The first-order valence-electron chi connectivity index (χ1n) is 6.67. The number of phenolic OH excluding ortho intramolecular Hbond substituents is 1. The van der Waals surface area contributed by atoms with E-state index in [0.717, 1.165) is 33.7 Å². The Labute approximate surface area is 123 Å². The van der Waals surface area contributed by atoms with Crippen LogP contribution >= 0.6 is 0 Å². The standard InChI is InChI=1S/C17H16N2O2/c1-11-9-17(19-12-3-5-13(20)6-4-12)15-10-14(21-2)7-8-16(15)18-11/h3-10,20H,1-2H3,(H,18,19). The van der Waals surface area contributed by atoms with Gasteiger partial charge in [-0.25, -0.2) is 0 Å². The Kier molecular flexibility index (Phi) is 3.36. The number of fused-ring (bicyclic) bond motifs is 1. The molecule has 3 aromatic rings. The molecule has 3 rings (SSSR count). The van der Waals surface area contributed by atoms with Crippen molar-refractivity contribution in [1.29, 1.82) is 0 Å². The molecule has 0 aliphatic carbocycles. The Morgan fingerprint density at radius 2 is 1.81 bits per heavy atom. The van der Waals surface area contributed by atoms with Crippen molar-refractivity contribution in [3.8, 4) is 11.5 Å². The van der Waals surface area contributed by atoms with E-state index in [1.165, 1.54) is 0 Å². The van der Waals surface area contributed by atoms with Crippen molar-refractivity contribution in [1.82, 2.24) is 4.98 Å². The molecule has 0 bridgehead atoms. The van der Waals surface area contributed by atoms with Gasteiger partial charge < -0.3 is 15.2 Å². The van der Waals surface area contributed by atoms with Gasteiger partial charge in [0.2, 0.25) is 0 Å². The van der Waals surface area contributed by atoms with Crippen molar-refractivity contribution in [3.05, 3.63) is 54.2 Å². The number of aryl methyl sites for hydroxylation is 1. The van der Waals surface area contributed by atoms with E-state index >= 15 is 0 Å². The fourth-order valence-corrected chi connectivity index (χ4v) is 2.27. The third-order valence-electron chi connectivity index (χ3n) is 3.29. The summed E-state index contributed by atoms with van der Waals surface area (Å²) in [7, 11) is 1.65. The maximum atomic E-state index is 9.35. The lowest BCUT2D eigenvalue weighted by atomic mass is 10.1. The Hall–Kier alpha value is -2.75. The minimum atomic E-state index is 0.248. The van der Waals surface area contributed by atoms with Crippen LogP contribution in [0.25, 0.3) is 10.9 Å². The molecule has 106 valence electrons. The van der Waals surface area contributed by atoms with E-state index in [1.54, 1.807) is 19.2 Å². The van der Waals surface area contributed by atoms with Gasteiger partial charge in [-0.1, -0.05) is 0 Å². The van der Waals surface area contributed by atoms with Crippen LogP contribution in [0, 0.1) is 6.92 Å². The van der Waals surface area contributed by atoms with Crippen LogP contribution < -0.4 is 10.1 Å². The molecule has 0 saturated heterocycles. The average molecular weight is 280 g/mol. The summed E-state index contributed by atoms with van der Waals surface area (Å²) in [4.78, 5) is 4.53. The third kappa shape index (κ3) is 2.74. The second-order valence-electron chi connectivity index (χ2n) is 4.87. The molecule has 0 radical (unpaired) electrons. The molecule has 4 heteroatoms. The Morgan fingerprint density at radius 3 is 2.52 bits per heavy atom. The van der Waals surface area contributed by atoms with Crippen LogP contribution in [0.15, 0.2) is 48.5 Å². The zero-order chi connectivity index (χ0) is 14.8. The van der Waals surface area contributed by atoms with Crippen LogP contribution in [0.3, 0.4) is 0 Å². The van der Waals surface area contributed by atoms with Gasteiger partial charge in [0.05, 0.1) is 12.6 Å². The van der Waals surface area contributed by atoms with Gasteiger partial charge in [0.25, 0.3) is 0 Å². The first-order valence-corrected chi connectivity index (χ1v) is 6.67. The highest BCUT2D eigenvalue weighted by Gasteiger charge is 2.06. The smallest absolute Gasteiger partial charge is 0.119 e. The Bertz CT molecular complexity index is 783. The number of aromatic nitrogens is 1. The summed E-state index contributed by atoms with van der Waals surface area (Å²) in [5.74, 6) is 1.04. The van der Waals surface area contributed by atoms with Gasteiger partial charge in [0.1, 0.15) is 11.5 Å². The summed E-state index contributed by atoms with van der Waals surface area (Å²) in [6, 6.07) is 14.8. The molecule has 1 aromatic heterocycles. The van der Waals surface area contributed by atoms with Gasteiger partial charge in [-0.3, -0.25) is 4.98 Å². The average Bonchev–Trinajstić information content (AvgIpc) is 2.49. The monoisotopic (exact) mass is 280 g/mol. The summed E-state index contributed by atoms with van der Waals surface area (Å²) < 4.78 is 5.28. The lowest BCUT2D eigenvalue weighted by Crippen LogP contribution is -1.95. The third-order valence-corrected chi connectivity index (χ3v) is 3.29. The largest absolute Gasteiger partial charge is 0.508 e. The van der Waals surface area contributed by atoms with Crippen LogP contribution in [0.2, 0.25) is 0 Å². The molecule has 2 N–H and O–H groups in total. The van der Waals surface area contributed by atoms with Crippen LogP contribution in [0.4, 0.5) is 11.4 Å². The maximum Gasteiger partial charge on any atom is 0.119 e. The van der Waals surface area contributed by atoms with Crippen molar-refractivity contribution >= 4 is 22.3 Å². The van der Waals surface area contributed by atoms with Gasteiger partial charge in [0.15, 0.2) is 0 Å². The number of aromatic hydroxyl groups is 1. The van der Waals surface area contributed by atoms with Crippen molar-refractivity contribution in [3.63, 3.8) is 0 Å². The van der Waals surface area contributed by atoms with E-state index in [9.17, 15) is 5.11 Å². The summed E-state index contributed by atoms with van der Waals surface area (Å²) in [5.41, 5.74) is 3.72. The van der Waals surface area contributed by atoms with E-state index in [1.807, 2.05) is 43.3 Å². The summed E-state index contributed by atoms with van der Waals surface area (Å²) in [5, 5.41) is 13.7. The molecule has 0 aliphatic rings. The van der Waals surface area contributed by atoms with Gasteiger partial charge in [-0.2, -0.15) is 0 Å². The number of anilines is 2. The molecule has 0 saturated carbocycles. The second-order valence-corrected chi connectivity index (χ2v) is 4.87. The molecule has 0 spiro atoms. The van der Waals surface area contributed by atoms with Crippen molar-refractivity contribution in [2.45, 2.75) is 6.92 Å². The van der Waals surface area contributed by atoms with Crippen LogP contribution in [0.1, 0.15) is 5.69 Å². The van der Waals surface area contributed by atoms with E-state index in [0.29, 0.717) is 0 Å². The molecular formula is C17H16N2O2. The number of benzene rings is 2. The van der Waals surface area contributed by atoms with Gasteiger partial charge >= 0.3 is 0 Å². The fourth-order valence-electron chi connectivity index (χ4n) is 2.27. The summed E-state index contributed by atoms with van der Waals surface area (Å²) >= 11 is 0. The highest BCUT2D eigenvalue weighted by molar-refractivity contribution is 5.94. The number of hydrogen-bond acceptors (Lipinski definition) is 4. The minimum Gasteiger partial charge on any atom is -0.508 e. The molecule has 4 nitrogen and oxygen atoms in total. The zero-order valence-corrected chi connectivity index (χ0v) is 11.9. The highest BCUT2D eigenvalue weighted by atomic mass is 16.5. The number of rotatable bonds is 3. The minimum absolute atomic E-state index is 0.248. The van der Waals surface area contributed by atoms with Gasteiger partial charge in [-0.05, 0) is 55.5 Å². The van der Waals surface area contributed by atoms with Crippen LogP contribution in [-0.2, 0) is 0 Å². The lowest BCUT2D eigenvalue weighted by molar-refractivity contribution is 0.415. The molecule has 2 aromatic carbocycles. The number of hydrogen-bond donors (Lipinski definition) is 2. The quantitative estimate of drug-likeness (QED) is 0.712. The normalized spacial score (nSPS) is 10.6. The van der Waals surface area contributed by atoms with Crippen LogP contribution in [0.5, 0.6) is 11.5 Å². The highest BCUT2D eigenvalue weighted by Crippen LogP contribution is 2.29. The maximum absolute atomic E-state index is 9.35. The van der Waals surface area contributed by atoms with E-state index in [2.05, 4.69) is 10.3 Å². The summed E-state index contributed by atoms with van der Waals surface area (Å²) in [6.45, 7) is 1.96. The van der Waals surface area contributed by atoms with Crippen molar-refractivity contribution in [2.75, 3.05) is 12.4 Å². The van der Waals surface area contributed by atoms with Gasteiger partial charge in [0, 0.05) is 22.5 Å². The zero-order valence-electron chi connectivity index (χ0n) is 11.9. The molecular weight excluding hydrogens is 264 g/mol. The van der Waals surface area contributed by atoms with E-state index in [4.69, 9.17) is 4.74 Å². The molecule has 0 unspecified atom stereocenters. The Balaban J connectivity index is 2.09. The molecule has 0 aliphatic heterocycles. The predicted octanol–water partition coefficient (Wildman–Crippen LogP) is 4.00. The first kappa shape index (κ1) is 13.2. The Morgan fingerprint density at radius 1 is 1.05 bits per heavy atom. The van der Waals surface area contributed by atoms with Crippen molar-refractivity contribution in [2.24, 2.45) is 0 Å². The topological polar surface area (TPSA) is 54.4 Å². The number of nitrogens with one attached hydrogen (secondary N) is 1. The van der Waals surface area contributed by atoms with Gasteiger partial charge in [-0.15, -0.1) is 0 Å². The number of ether oxygens (including phenoxy) is 1. The number of pyridine rings is 1. The fraction of sp³-hybridized carbons (Fsp3) is 0.118. The number of phenols is 1. The molecule has 0 amide bonds.